The summed E-state index contributed by atoms with van der Waals surface area (Å²) in [6, 6.07) is 0. The molecule has 2 spiro atoms. The number of phenolic OH excluding ortho intramolecular Hbond substituents is 2. The Labute approximate surface area is 549 Å². The predicted octanol–water partition coefficient (Wildman–Crippen LogP) is 13.0. The van der Waals surface area contributed by atoms with Crippen LogP contribution in [-0.2, 0) is 60.4 Å². The summed E-state index contributed by atoms with van der Waals surface area (Å²) >= 11 is 0. The summed E-state index contributed by atoms with van der Waals surface area (Å²) in [7, 11) is 0. The summed E-state index contributed by atoms with van der Waals surface area (Å²) in [6.45, 7) is 32.0. The Morgan fingerprint density at radius 2 is 0.883 bits per heavy atom. The Hall–Kier alpha value is -7.38. The lowest BCUT2D eigenvalue weighted by atomic mass is 9.51. The van der Waals surface area contributed by atoms with Crippen molar-refractivity contribution in [1.82, 2.24) is 0 Å². The van der Waals surface area contributed by atoms with Crippen molar-refractivity contribution in [3.05, 3.63) is 116 Å². The Morgan fingerprint density at radius 1 is 0.521 bits per heavy atom. The lowest BCUT2D eigenvalue weighted by Crippen LogP contribution is -2.72. The van der Waals surface area contributed by atoms with Crippen LogP contribution in [0.25, 0.3) is 12.2 Å². The van der Waals surface area contributed by atoms with Gasteiger partial charge in [-0.1, -0.05) is 35.5 Å². The van der Waals surface area contributed by atoms with Crippen molar-refractivity contribution in [3.8, 4) is 34.5 Å². The average molecular weight is 1290 g/mol. The van der Waals surface area contributed by atoms with E-state index in [1.165, 1.54) is 11.1 Å². The summed E-state index contributed by atoms with van der Waals surface area (Å²) in [6.07, 6.45) is 23.1. The number of aromatic hydroxyl groups is 2. The Morgan fingerprint density at radius 3 is 1.21 bits per heavy atom. The van der Waals surface area contributed by atoms with Crippen molar-refractivity contribution in [3.63, 3.8) is 0 Å². The van der Waals surface area contributed by atoms with E-state index in [1.807, 2.05) is 93.5 Å². The monoisotopic (exact) mass is 1290 g/mol. The zero-order chi connectivity index (χ0) is 67.8. The summed E-state index contributed by atoms with van der Waals surface area (Å²) < 4.78 is 63.8. The molecule has 500 valence electrons. The van der Waals surface area contributed by atoms with Crippen molar-refractivity contribution in [2.24, 2.45) is 23.7 Å². The number of epoxide rings is 2. The van der Waals surface area contributed by atoms with Gasteiger partial charge in [-0.05, 0) is 186 Å². The molecule has 6 aliphatic carbocycles. The van der Waals surface area contributed by atoms with E-state index in [1.54, 1.807) is 38.2 Å². The van der Waals surface area contributed by atoms with Crippen molar-refractivity contribution in [1.29, 1.82) is 0 Å². The van der Waals surface area contributed by atoms with Gasteiger partial charge in [-0.25, -0.2) is 0 Å². The smallest absolute Gasteiger partial charge is 0.298 e. The van der Waals surface area contributed by atoms with E-state index in [-0.39, 0.29) is 105 Å². The van der Waals surface area contributed by atoms with Crippen molar-refractivity contribution >= 4 is 48.2 Å². The normalized spacial score (nSPS) is 34.8. The number of fused-ring (bicyclic) bond motifs is 4. The minimum Gasteiger partial charge on any atom is -0.506 e. The van der Waals surface area contributed by atoms with Crippen molar-refractivity contribution in [2.45, 2.75) is 243 Å². The molecule has 6 fully saturated rings. The number of carbonyl (C=O) groups excluding carboxylic acids is 6. The first-order valence-electron chi connectivity index (χ1n) is 33.2. The van der Waals surface area contributed by atoms with Gasteiger partial charge in [0.25, 0.3) is 12.9 Å². The van der Waals surface area contributed by atoms with Crippen LogP contribution in [0.2, 0.25) is 0 Å². The second kappa shape index (κ2) is 21.6. The van der Waals surface area contributed by atoms with Gasteiger partial charge in [-0.2, -0.15) is 0 Å². The number of ether oxygens (including phenoxy) is 10. The van der Waals surface area contributed by atoms with Gasteiger partial charge in [0.1, 0.15) is 68.3 Å². The fraction of sp³-hybridized carbons (Fsp3) is 0.553. The first-order chi connectivity index (χ1) is 44.0. The van der Waals surface area contributed by atoms with Crippen LogP contribution < -0.4 is 18.9 Å². The molecule has 0 amide bonds. The Balaban J connectivity index is 0.000000171. The summed E-state index contributed by atoms with van der Waals surface area (Å²) in [5.74, 6) is -1.38. The first-order valence-corrected chi connectivity index (χ1v) is 33.2. The number of Topliss-reactive ketones (excluding diaryl/α,β-unsaturated/α-hetero) is 4. The third-order valence-electron chi connectivity index (χ3n) is 22.4. The molecule has 16 rings (SSSR count). The molecule has 8 heterocycles. The maximum Gasteiger partial charge on any atom is 0.298 e. The number of rotatable bonds is 18. The third-order valence-corrected chi connectivity index (χ3v) is 22.4. The van der Waals surface area contributed by atoms with Crippen LogP contribution in [0.4, 0.5) is 0 Å². The van der Waals surface area contributed by atoms with E-state index in [2.05, 4.69) is 39.8 Å². The van der Waals surface area contributed by atoms with E-state index >= 15 is 0 Å². The van der Waals surface area contributed by atoms with Crippen LogP contribution in [0.15, 0.2) is 82.4 Å². The highest BCUT2D eigenvalue weighted by molar-refractivity contribution is 6.20. The van der Waals surface area contributed by atoms with Crippen LogP contribution in [-0.4, -0.2) is 115 Å². The molecule has 2 aromatic rings. The van der Waals surface area contributed by atoms with Gasteiger partial charge in [0.2, 0.25) is 0 Å². The molecule has 4 saturated heterocycles. The molecule has 14 aliphatic rings. The summed E-state index contributed by atoms with van der Waals surface area (Å²) in [5.41, 5.74) is -4.52. The van der Waals surface area contributed by atoms with E-state index in [9.17, 15) is 39.0 Å². The second-order valence-electron chi connectivity index (χ2n) is 31.1. The molecule has 18 nitrogen and oxygen atoms in total. The fourth-order valence-electron chi connectivity index (χ4n) is 17.4. The number of carbonyl (C=O) groups is 6. The summed E-state index contributed by atoms with van der Waals surface area (Å²) in [5, 5.41) is 23.7. The molecular formula is C76H88O18. The topological polar surface area (TPSA) is 242 Å². The Bertz CT molecular complexity index is 3730. The summed E-state index contributed by atoms with van der Waals surface area (Å²) in [4.78, 5) is 80.6. The van der Waals surface area contributed by atoms with Gasteiger partial charge in [-0.15, -0.1) is 0 Å². The lowest BCUT2D eigenvalue weighted by molar-refractivity contribution is -0.172. The van der Waals surface area contributed by atoms with E-state index < -0.39 is 56.6 Å². The molecule has 0 radical (unpaired) electrons. The van der Waals surface area contributed by atoms with E-state index in [0.29, 0.717) is 108 Å². The predicted molar refractivity (Wildman–Crippen MR) is 347 cm³/mol. The van der Waals surface area contributed by atoms with Crippen LogP contribution in [0.1, 0.15) is 205 Å². The van der Waals surface area contributed by atoms with Gasteiger partial charge >= 0.3 is 0 Å². The average Bonchev–Trinajstić information content (AvgIpc) is 1.42. The van der Waals surface area contributed by atoms with Gasteiger partial charge < -0.3 is 57.6 Å². The zero-order valence-electron chi connectivity index (χ0n) is 56.9. The van der Waals surface area contributed by atoms with E-state index in [0.717, 1.165) is 12.8 Å². The molecular weight excluding hydrogens is 1200 g/mol. The third kappa shape index (κ3) is 9.57. The van der Waals surface area contributed by atoms with E-state index in [4.69, 9.17) is 47.4 Å². The highest BCUT2D eigenvalue weighted by atomic mass is 16.6. The number of benzene rings is 2. The molecule has 8 aliphatic heterocycles. The zero-order valence-corrected chi connectivity index (χ0v) is 56.9. The van der Waals surface area contributed by atoms with Crippen LogP contribution >= 0.6 is 0 Å². The number of hydrogen-bond acceptors (Lipinski definition) is 18. The number of allylic oxidation sites excluding steroid dienone is 8. The van der Waals surface area contributed by atoms with Gasteiger partial charge in [0.15, 0.2) is 45.5 Å². The molecule has 8 bridgehead atoms. The maximum absolute atomic E-state index is 14.8. The largest absolute Gasteiger partial charge is 0.506 e. The minimum absolute atomic E-state index is 0.0363. The molecule has 2 aromatic carbocycles. The minimum atomic E-state index is -1.56. The van der Waals surface area contributed by atoms with Crippen LogP contribution in [0, 0.1) is 23.7 Å². The molecule has 12 atom stereocenters. The van der Waals surface area contributed by atoms with Crippen LogP contribution in [0.5, 0.6) is 34.5 Å². The maximum atomic E-state index is 14.8. The highest BCUT2D eigenvalue weighted by Crippen LogP contribution is 2.71. The quantitative estimate of drug-likeness (QED) is 0.0610. The molecule has 94 heavy (non-hydrogen) atoms. The molecule has 0 aromatic heterocycles. The second-order valence-corrected chi connectivity index (χ2v) is 31.1. The number of phenols is 2. The standard InChI is InChI=1S/2C38H44O9/c2*1-20(2)10-9-13-36(8)14-12-23-29(40)28-30(41)25-16-22-17-26-34(4,5)47-37(33(22)42,15-11-21(3)43-19-39)38(25,26)46-32(28)24(31(23)45-36)18-27-35(6,7)44-27/h2*10-12,14,16,19,22,26-27,40H,9,13,15,17-18H2,1-8H3/b2*21-11-/t22?,26?,27?,36-,37+,38+;22?,26?,27?,36-,37-,38-/m01/s1. The highest BCUT2D eigenvalue weighted by Gasteiger charge is 2.83. The molecule has 6 unspecified atom stereocenters. The van der Waals surface area contributed by atoms with Crippen molar-refractivity contribution in [2.75, 3.05) is 0 Å². The first kappa shape index (κ1) is 65.3. The van der Waals surface area contributed by atoms with Gasteiger partial charge in [0.05, 0.1) is 45.7 Å². The number of hydrogen-bond donors (Lipinski definition) is 2. The van der Waals surface area contributed by atoms with Crippen LogP contribution in [0.3, 0.4) is 0 Å². The fourth-order valence-corrected chi connectivity index (χ4v) is 17.4. The number of ketones is 4. The molecule has 2 N–H and O–H groups in total. The van der Waals surface area contributed by atoms with Crippen molar-refractivity contribution < 1.29 is 86.3 Å². The SMILES string of the molecule is CC(C)=CCC[C@@]1(C)C=Cc2c(O)c3c(c(CC4OC4(C)C)c2O1)O[C@]12C(=CC4CC1C(C)(C)O[C@]2(C/C=C(/C)OC=O)C4=O)C3=O.CC(C)=CCC[C@]1(C)C=Cc2c(O)c3c(c(CC4OC4(C)C)c2O1)O[C@]12C(=CC4CC1C(C)(C)O[C@]2(C/C=C(/C)OC=O)C4=O)C3=O. The lowest BCUT2D eigenvalue weighted by Gasteiger charge is -2.56. The van der Waals surface area contributed by atoms with Gasteiger partial charge in [-0.3, -0.25) is 28.8 Å². The molecule has 18 heteroatoms. The Kier molecular flexibility index (Phi) is 15.0. The van der Waals surface area contributed by atoms with Gasteiger partial charge in [0, 0.05) is 71.6 Å². The molecule has 2 saturated carbocycles.